The van der Waals surface area contributed by atoms with Gasteiger partial charge in [0.25, 0.3) is 0 Å². The minimum atomic E-state index is -0.0668. The van der Waals surface area contributed by atoms with Crippen molar-refractivity contribution in [1.29, 1.82) is 0 Å². The number of benzene rings is 12. The Labute approximate surface area is 597 Å². The third-order valence-corrected chi connectivity index (χ3v) is 21.7. The summed E-state index contributed by atoms with van der Waals surface area (Å²) in [6.45, 7) is 55.9. The van der Waals surface area contributed by atoms with Crippen molar-refractivity contribution in [2.24, 2.45) is 0 Å². The molecule has 0 fully saturated rings. The fourth-order valence-corrected chi connectivity index (χ4v) is 15.4. The molecule has 0 atom stereocenters. The van der Waals surface area contributed by atoms with Gasteiger partial charge in [-0.3, -0.25) is 0 Å². The Bertz CT molecular complexity index is 4890. The minimum Gasteiger partial charge on any atom is -0.310 e. The molecular weight excluding hydrogens is 1210 g/mol. The summed E-state index contributed by atoms with van der Waals surface area (Å²) in [6.07, 6.45) is 0. The van der Waals surface area contributed by atoms with E-state index >= 15 is 0 Å². The molecule has 0 N–H and O–H groups in total. The van der Waals surface area contributed by atoms with Gasteiger partial charge in [0.1, 0.15) is 0 Å². The molecule has 12 aromatic carbocycles. The molecule has 2 aromatic heterocycles. The highest BCUT2D eigenvalue weighted by molar-refractivity contribution is 6.32. The molecular formula is C96H106N4. The normalized spacial score (nSPS) is 13.4. The molecule has 0 aliphatic rings. The van der Waals surface area contributed by atoms with E-state index in [2.05, 4.69) is 391 Å². The van der Waals surface area contributed by atoms with Gasteiger partial charge in [-0.25, -0.2) is 0 Å². The van der Waals surface area contributed by atoms with Crippen molar-refractivity contribution < 1.29 is 0 Å². The minimum absolute atomic E-state index is 0.0409. The van der Waals surface area contributed by atoms with Crippen LogP contribution in [0.4, 0.5) is 34.1 Å². The average Bonchev–Trinajstić information content (AvgIpc) is 1.22. The van der Waals surface area contributed by atoms with Crippen LogP contribution in [-0.2, 0) is 43.3 Å². The van der Waals surface area contributed by atoms with E-state index in [1.54, 1.807) is 0 Å². The van der Waals surface area contributed by atoms with E-state index in [4.69, 9.17) is 0 Å². The van der Waals surface area contributed by atoms with Crippen molar-refractivity contribution in [2.45, 2.75) is 209 Å². The lowest BCUT2D eigenvalue weighted by Crippen LogP contribution is -2.16. The monoisotopic (exact) mass is 1310 g/mol. The Hall–Kier alpha value is -9.12. The first-order valence-corrected chi connectivity index (χ1v) is 36.6. The van der Waals surface area contributed by atoms with Crippen molar-refractivity contribution >= 4 is 110 Å². The second-order valence-electron chi connectivity index (χ2n) is 37.4. The van der Waals surface area contributed by atoms with Crippen molar-refractivity contribution in [3.05, 3.63) is 251 Å². The topological polar surface area (TPSA) is 16.3 Å². The van der Waals surface area contributed by atoms with Gasteiger partial charge in [0, 0.05) is 76.6 Å². The number of rotatable bonds is 8. The highest BCUT2D eigenvalue weighted by Crippen LogP contribution is 2.54. The summed E-state index contributed by atoms with van der Waals surface area (Å²) in [7, 11) is 0. The van der Waals surface area contributed by atoms with E-state index in [-0.39, 0.29) is 43.3 Å². The predicted molar refractivity (Wildman–Crippen MR) is 438 cm³/mol. The van der Waals surface area contributed by atoms with Gasteiger partial charge in [-0.15, -0.1) is 0 Å². The van der Waals surface area contributed by atoms with Gasteiger partial charge in [0.05, 0.1) is 44.8 Å². The second kappa shape index (κ2) is 23.2. The average molecular weight is 1320 g/mol. The van der Waals surface area contributed by atoms with Gasteiger partial charge in [-0.1, -0.05) is 263 Å². The summed E-state index contributed by atoms with van der Waals surface area (Å²) in [6, 6.07) is 81.9. The van der Waals surface area contributed by atoms with Crippen LogP contribution in [-0.4, -0.2) is 9.13 Å². The summed E-state index contributed by atoms with van der Waals surface area (Å²) in [5, 5.41) is 12.2. The third kappa shape index (κ3) is 11.8. The van der Waals surface area contributed by atoms with Crippen molar-refractivity contribution in [3.63, 3.8) is 0 Å². The lowest BCUT2D eigenvalue weighted by molar-refractivity contribution is 0.590. The van der Waals surface area contributed by atoms with Crippen LogP contribution in [0, 0.1) is 0 Å². The zero-order valence-corrected chi connectivity index (χ0v) is 64.4. The summed E-state index contributed by atoms with van der Waals surface area (Å²) < 4.78 is 5.24. The van der Waals surface area contributed by atoms with E-state index in [1.165, 1.54) is 120 Å². The number of hydrogen-bond acceptors (Lipinski definition) is 2. The molecule has 2 heterocycles. The van der Waals surface area contributed by atoms with E-state index in [0.29, 0.717) is 0 Å². The van der Waals surface area contributed by atoms with E-state index < -0.39 is 0 Å². The zero-order valence-electron chi connectivity index (χ0n) is 64.4. The third-order valence-electron chi connectivity index (χ3n) is 21.7. The molecule has 0 unspecified atom stereocenters. The molecule has 14 rings (SSSR count). The summed E-state index contributed by atoms with van der Waals surface area (Å²) >= 11 is 0. The molecule has 0 spiro atoms. The Morgan fingerprint density at radius 1 is 0.190 bits per heavy atom. The van der Waals surface area contributed by atoms with Crippen LogP contribution >= 0.6 is 0 Å². The quantitative estimate of drug-likeness (QED) is 0.141. The van der Waals surface area contributed by atoms with Gasteiger partial charge in [-0.2, -0.15) is 0 Å². The van der Waals surface area contributed by atoms with Gasteiger partial charge in [-0.05, 0) is 197 Å². The summed E-state index contributed by atoms with van der Waals surface area (Å²) in [4.78, 5) is 5.12. The van der Waals surface area contributed by atoms with Crippen molar-refractivity contribution in [1.82, 2.24) is 9.13 Å². The molecule has 100 heavy (non-hydrogen) atoms. The van der Waals surface area contributed by atoms with E-state index in [9.17, 15) is 0 Å². The fraction of sp³-hybridized carbons (Fsp3) is 0.333. The molecule has 14 aromatic rings. The van der Waals surface area contributed by atoms with Crippen LogP contribution in [0.2, 0.25) is 0 Å². The molecule has 510 valence electrons. The number of fused-ring (bicyclic) bond motifs is 6. The fourth-order valence-electron chi connectivity index (χ4n) is 15.4. The maximum atomic E-state index is 2.62. The zero-order chi connectivity index (χ0) is 71.7. The predicted octanol–water partition coefficient (Wildman–Crippen LogP) is 28.1. The Kier molecular flexibility index (Phi) is 15.8. The SMILES string of the molecule is CC(C)(C)c1ccc(N(c2ccc(C(C)(C)C)cc2)c2cc(-n3c4ccc(C(C)(C)C)cc4c4cc(C(C)(C)C)ccc43)c3ccc4c(N(c5ccc(C(C)(C)C)cc5)c5ccc(C(C)(C)C)cc5)cc(-n5c6ccc(C(C)(C)C)cc6c6cc(C(C)(C)C)ccc65)c5ccc2c3c45)cc1. The first kappa shape index (κ1) is 68.0. The molecule has 0 radical (unpaired) electrons. The van der Waals surface area contributed by atoms with E-state index in [0.717, 1.165) is 45.5 Å². The van der Waals surface area contributed by atoms with Gasteiger partial charge < -0.3 is 18.9 Å². The Morgan fingerprint density at radius 2 is 0.380 bits per heavy atom. The molecule has 4 nitrogen and oxygen atoms in total. The molecule has 0 aliphatic carbocycles. The second-order valence-corrected chi connectivity index (χ2v) is 37.4. The van der Waals surface area contributed by atoms with E-state index in [1.807, 2.05) is 0 Å². The maximum absolute atomic E-state index is 2.62. The van der Waals surface area contributed by atoms with Crippen molar-refractivity contribution in [2.75, 3.05) is 9.80 Å². The maximum Gasteiger partial charge on any atom is 0.0562 e. The first-order chi connectivity index (χ1) is 46.6. The van der Waals surface area contributed by atoms with Crippen LogP contribution in [0.5, 0.6) is 0 Å². The molecule has 0 saturated carbocycles. The molecule has 0 aliphatic heterocycles. The van der Waals surface area contributed by atoms with Crippen LogP contribution in [0.3, 0.4) is 0 Å². The van der Waals surface area contributed by atoms with Gasteiger partial charge >= 0.3 is 0 Å². The summed E-state index contributed by atoms with van der Waals surface area (Å²) in [5.41, 5.74) is 23.7. The van der Waals surface area contributed by atoms with Crippen molar-refractivity contribution in [3.8, 4) is 11.4 Å². The summed E-state index contributed by atoms with van der Waals surface area (Å²) in [5.74, 6) is 0. The van der Waals surface area contributed by atoms with Crippen LogP contribution in [0.1, 0.15) is 211 Å². The standard InChI is InChI=1S/C96H106N4/c1-89(2,3)59-25-37-67(38-26-59)97(68-39-27-60(28-40-68)90(4,5)6)83-57-85(99-79-49-33-63(93(13,14)15)53-75(79)76-54-64(94(16,17)18)34-50-80(76)99)73-48-46-72-84(98(69-41-29-61(30-42-69)91(7,8)9)70-43-31-62(32-44-70)92(10,11)12)58-86(74-47-45-71(83)87(73)88(72)74)100-81-51-35-65(95(19,20)21)55-77(81)78-56-66(96(22,23)24)36-52-82(78)100/h25-58H,1-24H3. The van der Waals surface area contributed by atoms with Gasteiger partial charge in [0.2, 0.25) is 0 Å². The smallest absolute Gasteiger partial charge is 0.0562 e. The largest absolute Gasteiger partial charge is 0.310 e. The molecule has 0 saturated heterocycles. The Balaban J connectivity index is 1.21. The van der Waals surface area contributed by atoms with Crippen LogP contribution < -0.4 is 9.80 Å². The highest BCUT2D eigenvalue weighted by Gasteiger charge is 2.32. The van der Waals surface area contributed by atoms with Crippen LogP contribution in [0.25, 0.3) is 87.3 Å². The first-order valence-electron chi connectivity index (χ1n) is 36.6. The highest BCUT2D eigenvalue weighted by atomic mass is 15.2. The number of anilines is 6. The van der Waals surface area contributed by atoms with Gasteiger partial charge in [0.15, 0.2) is 0 Å². The number of aromatic nitrogens is 2. The Morgan fingerprint density at radius 3 is 0.580 bits per heavy atom. The lowest BCUT2D eigenvalue weighted by Gasteiger charge is -2.32. The molecule has 0 amide bonds. The molecule has 4 heteroatoms. The molecule has 0 bridgehead atoms. The van der Waals surface area contributed by atoms with Crippen LogP contribution in [0.15, 0.2) is 206 Å². The number of nitrogens with zero attached hydrogens (tertiary/aromatic N) is 4. The number of hydrogen-bond donors (Lipinski definition) is 0. The lowest BCUT2D eigenvalue weighted by atomic mass is 9.85.